The molecule has 1 aliphatic heterocycles. The van der Waals surface area contributed by atoms with E-state index >= 15 is 0 Å². The summed E-state index contributed by atoms with van der Waals surface area (Å²) in [5, 5.41) is 0. The van der Waals surface area contributed by atoms with Crippen molar-refractivity contribution >= 4 is 17.7 Å². The molecule has 5 heteroatoms. The second-order valence-corrected chi connectivity index (χ2v) is 5.08. The summed E-state index contributed by atoms with van der Waals surface area (Å²) in [6, 6.07) is 0. The van der Waals surface area contributed by atoms with Crippen LogP contribution in [0.3, 0.4) is 0 Å². The molecular formula is C11H16N3OS. The molecular weight excluding hydrogens is 222 g/mol. The lowest BCUT2D eigenvalue weighted by molar-refractivity contribution is -0.131. The molecule has 4 nitrogen and oxygen atoms in total. The fourth-order valence-corrected chi connectivity index (χ4v) is 2.67. The first-order valence-corrected chi connectivity index (χ1v) is 6.68. The molecule has 2 rings (SSSR count). The van der Waals surface area contributed by atoms with E-state index in [2.05, 4.69) is 11.2 Å². The van der Waals surface area contributed by atoms with Crippen LogP contribution < -0.4 is 0 Å². The van der Waals surface area contributed by atoms with Gasteiger partial charge in [0.1, 0.15) is 12.0 Å². The van der Waals surface area contributed by atoms with Crippen molar-refractivity contribution in [2.45, 2.75) is 19.9 Å². The number of nitrogens with zero attached hydrogens (tertiary/aromatic N) is 3. The molecule has 1 aliphatic rings. The van der Waals surface area contributed by atoms with Gasteiger partial charge >= 0.3 is 0 Å². The number of thioether (sulfide) groups is 1. The summed E-state index contributed by atoms with van der Waals surface area (Å²) >= 11 is 1.92. The molecule has 1 radical (unpaired) electrons. The van der Waals surface area contributed by atoms with Gasteiger partial charge in [0, 0.05) is 43.8 Å². The van der Waals surface area contributed by atoms with Crippen LogP contribution in [-0.4, -0.2) is 45.0 Å². The second-order valence-electron chi connectivity index (χ2n) is 3.85. The van der Waals surface area contributed by atoms with E-state index in [0.717, 1.165) is 30.4 Å². The number of hydrogen-bond acceptors (Lipinski definition) is 3. The van der Waals surface area contributed by atoms with Crippen molar-refractivity contribution in [1.29, 1.82) is 0 Å². The maximum absolute atomic E-state index is 11.9. The van der Waals surface area contributed by atoms with Crippen LogP contribution in [0.15, 0.2) is 6.20 Å². The molecule has 0 saturated carbocycles. The highest BCUT2D eigenvalue weighted by Gasteiger charge is 2.16. The van der Waals surface area contributed by atoms with Gasteiger partial charge in [0.05, 0.1) is 0 Å². The normalized spacial score (nSPS) is 16.4. The summed E-state index contributed by atoms with van der Waals surface area (Å²) in [5.74, 6) is 3.32. The van der Waals surface area contributed by atoms with Gasteiger partial charge in [-0.15, -0.1) is 0 Å². The number of aromatic nitrogens is 2. The Balaban J connectivity index is 1.81. The summed E-state index contributed by atoms with van der Waals surface area (Å²) in [7, 11) is 0. The Labute approximate surface area is 100 Å². The number of imidazole rings is 1. The van der Waals surface area contributed by atoms with Crippen molar-refractivity contribution in [2.75, 3.05) is 24.6 Å². The highest BCUT2D eigenvalue weighted by molar-refractivity contribution is 7.99. The van der Waals surface area contributed by atoms with Gasteiger partial charge < -0.3 is 9.47 Å². The molecule has 0 aliphatic carbocycles. The number of carbonyl (C=O) groups is 1. The molecule has 0 spiro atoms. The summed E-state index contributed by atoms with van der Waals surface area (Å²) in [6.45, 7) is 4.44. The van der Waals surface area contributed by atoms with Crippen LogP contribution >= 0.6 is 11.8 Å². The Hall–Kier alpha value is -0.970. The summed E-state index contributed by atoms with van der Waals surface area (Å²) in [4.78, 5) is 17.9. The minimum atomic E-state index is 0.258. The average Bonchev–Trinajstić information content (AvgIpc) is 2.73. The minimum absolute atomic E-state index is 0.258. The fraction of sp³-hybridized carbons (Fsp3) is 0.636. The van der Waals surface area contributed by atoms with Crippen molar-refractivity contribution < 1.29 is 4.79 Å². The van der Waals surface area contributed by atoms with Crippen LogP contribution in [0.25, 0.3) is 0 Å². The molecule has 1 saturated heterocycles. The average molecular weight is 238 g/mol. The van der Waals surface area contributed by atoms with Crippen molar-refractivity contribution in [3.63, 3.8) is 0 Å². The molecule has 0 aromatic carbocycles. The van der Waals surface area contributed by atoms with Gasteiger partial charge in [-0.25, -0.2) is 4.98 Å². The van der Waals surface area contributed by atoms with E-state index in [0.29, 0.717) is 13.0 Å². The van der Waals surface area contributed by atoms with Gasteiger partial charge in [0.25, 0.3) is 0 Å². The third-order valence-corrected chi connectivity index (χ3v) is 3.73. The molecule has 1 aromatic rings. The smallest absolute Gasteiger partial charge is 0.224 e. The fourth-order valence-electron chi connectivity index (χ4n) is 1.76. The van der Waals surface area contributed by atoms with Gasteiger partial charge in [0.2, 0.25) is 5.91 Å². The number of hydrogen-bond donors (Lipinski definition) is 0. The standard InChI is InChI=1S/C11H16N3OS/c1-10-12-3-5-13(10)4-2-11(15)14-6-8-16-9-7-14/h5H,2,4,6-9H2,1H3. The largest absolute Gasteiger partial charge is 0.341 e. The van der Waals surface area contributed by atoms with E-state index in [1.807, 2.05) is 28.2 Å². The number of aryl methyl sites for hydroxylation is 2. The predicted octanol–water partition coefficient (Wildman–Crippen LogP) is 0.957. The monoisotopic (exact) mass is 238 g/mol. The molecule has 0 N–H and O–H groups in total. The van der Waals surface area contributed by atoms with Crippen LogP contribution in [0.1, 0.15) is 12.2 Å². The van der Waals surface area contributed by atoms with Crippen LogP contribution in [-0.2, 0) is 11.3 Å². The zero-order chi connectivity index (χ0) is 11.4. The maximum Gasteiger partial charge on any atom is 0.224 e. The number of amides is 1. The topological polar surface area (TPSA) is 38.1 Å². The maximum atomic E-state index is 11.9. The second kappa shape index (κ2) is 5.39. The number of rotatable bonds is 3. The summed E-state index contributed by atoms with van der Waals surface area (Å²) < 4.78 is 1.97. The van der Waals surface area contributed by atoms with Gasteiger partial charge in [-0.2, -0.15) is 11.8 Å². The highest BCUT2D eigenvalue weighted by Crippen LogP contribution is 2.10. The van der Waals surface area contributed by atoms with Crippen LogP contribution in [0.2, 0.25) is 0 Å². The van der Waals surface area contributed by atoms with Crippen molar-refractivity contribution in [1.82, 2.24) is 14.5 Å². The molecule has 0 atom stereocenters. The van der Waals surface area contributed by atoms with Gasteiger partial charge in [-0.1, -0.05) is 0 Å². The van der Waals surface area contributed by atoms with Crippen LogP contribution in [0.4, 0.5) is 0 Å². The quantitative estimate of drug-likeness (QED) is 0.787. The molecule has 1 amide bonds. The third kappa shape index (κ3) is 2.78. The van der Waals surface area contributed by atoms with E-state index in [1.54, 1.807) is 6.20 Å². The Bertz CT molecular complexity index is 358. The first kappa shape index (κ1) is 11.5. The van der Waals surface area contributed by atoms with Gasteiger partial charge in [-0.05, 0) is 6.92 Å². The summed E-state index contributed by atoms with van der Waals surface area (Å²) in [6.07, 6.45) is 5.15. The molecule has 1 fully saturated rings. The molecule has 0 unspecified atom stereocenters. The Morgan fingerprint density at radius 1 is 1.56 bits per heavy atom. The zero-order valence-corrected chi connectivity index (χ0v) is 10.3. The number of carbonyl (C=O) groups excluding carboxylic acids is 1. The first-order valence-electron chi connectivity index (χ1n) is 5.53. The Morgan fingerprint density at radius 3 is 2.94 bits per heavy atom. The Kier molecular flexibility index (Phi) is 3.88. The lowest BCUT2D eigenvalue weighted by Crippen LogP contribution is -2.38. The highest BCUT2D eigenvalue weighted by atomic mass is 32.2. The lowest BCUT2D eigenvalue weighted by atomic mass is 10.3. The molecule has 87 valence electrons. The van der Waals surface area contributed by atoms with Gasteiger partial charge in [0.15, 0.2) is 0 Å². The van der Waals surface area contributed by atoms with Crippen LogP contribution in [0, 0.1) is 13.1 Å². The Morgan fingerprint density at radius 2 is 2.31 bits per heavy atom. The van der Waals surface area contributed by atoms with E-state index in [-0.39, 0.29) is 5.91 Å². The summed E-state index contributed by atoms with van der Waals surface area (Å²) in [5.41, 5.74) is 0. The predicted molar refractivity (Wildman–Crippen MR) is 64.3 cm³/mol. The van der Waals surface area contributed by atoms with E-state index in [9.17, 15) is 4.79 Å². The lowest BCUT2D eigenvalue weighted by Gasteiger charge is -2.26. The zero-order valence-electron chi connectivity index (χ0n) is 9.48. The van der Waals surface area contributed by atoms with E-state index in [1.165, 1.54) is 0 Å². The minimum Gasteiger partial charge on any atom is -0.341 e. The van der Waals surface area contributed by atoms with Crippen molar-refractivity contribution in [2.24, 2.45) is 0 Å². The molecule has 1 aromatic heterocycles. The van der Waals surface area contributed by atoms with E-state index in [4.69, 9.17) is 0 Å². The van der Waals surface area contributed by atoms with Crippen molar-refractivity contribution in [3.8, 4) is 0 Å². The van der Waals surface area contributed by atoms with Gasteiger partial charge in [-0.3, -0.25) is 4.79 Å². The molecule has 16 heavy (non-hydrogen) atoms. The SMILES string of the molecule is Cc1n[c]cn1CCC(=O)N1CCSCC1. The van der Waals surface area contributed by atoms with E-state index < -0.39 is 0 Å². The third-order valence-electron chi connectivity index (χ3n) is 2.79. The van der Waals surface area contributed by atoms with Crippen molar-refractivity contribution in [3.05, 3.63) is 18.2 Å². The molecule has 0 bridgehead atoms. The van der Waals surface area contributed by atoms with Crippen LogP contribution in [0.5, 0.6) is 0 Å². The molecule has 2 heterocycles. The first-order chi connectivity index (χ1) is 7.77.